The summed E-state index contributed by atoms with van der Waals surface area (Å²) in [5.74, 6) is 0.189. The monoisotopic (exact) mass is 319 g/mol. The number of quaternary nitrogens is 2. The number of carbonyl (C=O) groups is 1. The van der Waals surface area contributed by atoms with E-state index in [1.807, 2.05) is 6.07 Å². The summed E-state index contributed by atoms with van der Waals surface area (Å²) in [5, 5.41) is 3.16. The number of rotatable bonds is 7. The van der Waals surface area contributed by atoms with Crippen molar-refractivity contribution >= 4 is 5.91 Å². The molecule has 1 amide bonds. The summed E-state index contributed by atoms with van der Waals surface area (Å²) >= 11 is 0. The lowest BCUT2D eigenvalue weighted by atomic mass is 10.0. The van der Waals surface area contributed by atoms with Gasteiger partial charge in [0.1, 0.15) is 0 Å². The number of carbonyl (C=O) groups excluding carboxylic acids is 1. The molecule has 1 aromatic carbocycles. The number of hydrogen-bond acceptors (Lipinski definition) is 1. The normalized spacial score (nSPS) is 24.0. The summed E-state index contributed by atoms with van der Waals surface area (Å²) in [6, 6.07) is 11.3. The number of aryl methyl sites for hydroxylation is 1. The molecular weight excluding hydrogens is 286 g/mol. The summed E-state index contributed by atoms with van der Waals surface area (Å²) in [6.07, 6.45) is 4.47. The first-order valence-corrected chi connectivity index (χ1v) is 9.01. The number of hydrogen-bond donors (Lipinski definition) is 3. The molecule has 4 nitrogen and oxygen atoms in total. The van der Waals surface area contributed by atoms with Crippen LogP contribution in [0.4, 0.5) is 0 Å². The van der Waals surface area contributed by atoms with Gasteiger partial charge in [0, 0.05) is 18.9 Å². The first kappa shape index (κ1) is 18.0. The van der Waals surface area contributed by atoms with Crippen LogP contribution in [0.2, 0.25) is 0 Å². The predicted molar refractivity (Wildman–Crippen MR) is 93.8 cm³/mol. The van der Waals surface area contributed by atoms with Gasteiger partial charge in [-0.2, -0.15) is 0 Å². The number of nitrogens with one attached hydrogen (secondary N) is 3. The first-order valence-electron chi connectivity index (χ1n) is 9.01. The van der Waals surface area contributed by atoms with Crippen molar-refractivity contribution in [1.29, 1.82) is 0 Å². The summed E-state index contributed by atoms with van der Waals surface area (Å²) in [5.41, 5.74) is 1.34. The second-order valence-corrected chi connectivity index (χ2v) is 7.25. The van der Waals surface area contributed by atoms with Crippen molar-refractivity contribution in [2.45, 2.75) is 44.7 Å². The number of likely N-dealkylation sites (N-methyl/N-ethyl adjacent to an activating group) is 1. The molecule has 1 aliphatic heterocycles. The Hall–Kier alpha value is -1.39. The summed E-state index contributed by atoms with van der Waals surface area (Å²) in [6.45, 7) is 5.17. The Kier molecular flexibility index (Phi) is 7.06. The molecule has 2 rings (SSSR count). The lowest BCUT2D eigenvalue weighted by Crippen LogP contribution is -3.18. The smallest absolute Gasteiger partial charge is 0.275 e. The fourth-order valence-corrected chi connectivity index (χ4v) is 3.43. The van der Waals surface area contributed by atoms with E-state index in [2.05, 4.69) is 50.6 Å². The maximum absolute atomic E-state index is 12.2. The number of piperidine rings is 1. The third-order valence-corrected chi connectivity index (χ3v) is 5.09. The van der Waals surface area contributed by atoms with Crippen LogP contribution in [0, 0.1) is 0 Å². The maximum Gasteiger partial charge on any atom is 0.275 e. The topological polar surface area (TPSA) is 38.0 Å². The van der Waals surface area contributed by atoms with Crippen LogP contribution >= 0.6 is 0 Å². The van der Waals surface area contributed by atoms with Gasteiger partial charge in [-0.25, -0.2) is 0 Å². The van der Waals surface area contributed by atoms with Gasteiger partial charge >= 0.3 is 0 Å². The second kappa shape index (κ2) is 9.04. The van der Waals surface area contributed by atoms with E-state index in [1.165, 1.54) is 36.4 Å². The lowest BCUT2D eigenvalue weighted by molar-refractivity contribution is -0.935. The average molecular weight is 319 g/mol. The Bertz CT molecular complexity index is 469. The molecule has 0 saturated carbocycles. The van der Waals surface area contributed by atoms with E-state index in [4.69, 9.17) is 0 Å². The molecule has 2 atom stereocenters. The van der Waals surface area contributed by atoms with Crippen LogP contribution in [0.15, 0.2) is 30.3 Å². The van der Waals surface area contributed by atoms with Gasteiger partial charge in [-0.05, 0) is 25.3 Å². The quantitative estimate of drug-likeness (QED) is 0.612. The lowest BCUT2D eigenvalue weighted by Gasteiger charge is -2.30. The minimum Gasteiger partial charge on any atom is -0.349 e. The molecule has 23 heavy (non-hydrogen) atoms. The Morgan fingerprint density at radius 3 is 2.61 bits per heavy atom. The molecule has 1 aliphatic rings. The molecule has 1 fully saturated rings. The van der Waals surface area contributed by atoms with Crippen LogP contribution < -0.4 is 15.1 Å². The van der Waals surface area contributed by atoms with E-state index >= 15 is 0 Å². The van der Waals surface area contributed by atoms with E-state index in [9.17, 15) is 4.79 Å². The van der Waals surface area contributed by atoms with Crippen molar-refractivity contribution in [1.82, 2.24) is 5.32 Å². The van der Waals surface area contributed by atoms with Crippen molar-refractivity contribution in [3.05, 3.63) is 35.9 Å². The zero-order valence-electron chi connectivity index (χ0n) is 14.9. The van der Waals surface area contributed by atoms with Crippen molar-refractivity contribution in [2.75, 3.05) is 33.7 Å². The Morgan fingerprint density at radius 2 is 1.96 bits per heavy atom. The average Bonchev–Trinajstić information content (AvgIpc) is 2.54. The van der Waals surface area contributed by atoms with E-state index < -0.39 is 0 Å². The van der Waals surface area contributed by atoms with Gasteiger partial charge in [-0.1, -0.05) is 30.3 Å². The molecule has 0 radical (unpaired) electrons. The molecule has 3 N–H and O–H groups in total. The van der Waals surface area contributed by atoms with Crippen molar-refractivity contribution in [2.24, 2.45) is 0 Å². The van der Waals surface area contributed by atoms with Crippen LogP contribution in [-0.4, -0.2) is 51.7 Å². The van der Waals surface area contributed by atoms with Crippen molar-refractivity contribution in [3.8, 4) is 0 Å². The largest absolute Gasteiger partial charge is 0.349 e. The highest BCUT2D eigenvalue weighted by atomic mass is 16.2. The summed E-state index contributed by atoms with van der Waals surface area (Å²) < 4.78 is 0. The molecule has 1 aromatic rings. The van der Waals surface area contributed by atoms with Gasteiger partial charge in [0.15, 0.2) is 6.54 Å². The third-order valence-electron chi connectivity index (χ3n) is 5.09. The fraction of sp³-hybridized carbons (Fsp3) is 0.632. The van der Waals surface area contributed by atoms with Gasteiger partial charge in [0.25, 0.3) is 5.91 Å². The van der Waals surface area contributed by atoms with Crippen LogP contribution in [0.3, 0.4) is 0 Å². The first-order chi connectivity index (χ1) is 11.0. The minimum atomic E-state index is 0.189. The number of amides is 1. The minimum absolute atomic E-state index is 0.189. The maximum atomic E-state index is 12.2. The Labute approximate surface area is 140 Å². The van der Waals surface area contributed by atoms with Crippen LogP contribution in [0.25, 0.3) is 0 Å². The highest BCUT2D eigenvalue weighted by molar-refractivity contribution is 5.77. The van der Waals surface area contributed by atoms with E-state index in [1.54, 1.807) is 4.90 Å². The summed E-state index contributed by atoms with van der Waals surface area (Å²) in [4.78, 5) is 15.2. The molecule has 128 valence electrons. The molecule has 1 saturated heterocycles. The van der Waals surface area contributed by atoms with Crippen molar-refractivity contribution < 1.29 is 14.6 Å². The predicted octanol–water partition coefficient (Wildman–Crippen LogP) is -0.684. The highest BCUT2D eigenvalue weighted by Crippen LogP contribution is 2.04. The Morgan fingerprint density at radius 1 is 1.30 bits per heavy atom. The molecular formula is C19H33N3O+2. The van der Waals surface area contributed by atoms with Gasteiger partial charge < -0.3 is 15.1 Å². The molecule has 1 unspecified atom stereocenters. The number of likely N-dealkylation sites (tertiary alicyclic amines) is 1. The van der Waals surface area contributed by atoms with Gasteiger partial charge in [-0.15, -0.1) is 0 Å². The Balaban J connectivity index is 1.67. The van der Waals surface area contributed by atoms with E-state index in [0.29, 0.717) is 12.6 Å². The molecule has 0 spiro atoms. The highest BCUT2D eigenvalue weighted by Gasteiger charge is 2.27. The molecule has 1 heterocycles. The third kappa shape index (κ3) is 6.32. The second-order valence-electron chi connectivity index (χ2n) is 7.25. The zero-order chi connectivity index (χ0) is 16.7. The molecule has 4 heteroatoms. The van der Waals surface area contributed by atoms with Crippen LogP contribution in [0.1, 0.15) is 31.7 Å². The summed E-state index contributed by atoms with van der Waals surface area (Å²) in [7, 11) is 4.42. The fourth-order valence-electron chi connectivity index (χ4n) is 3.43. The van der Waals surface area contributed by atoms with E-state index in [0.717, 1.165) is 12.8 Å². The number of benzene rings is 1. The SMILES string of the molecule is C[C@@H](CCc1ccccc1)NC(=O)C[NH+](C)C1CC[NH+](C)CC1. The van der Waals surface area contributed by atoms with Gasteiger partial charge in [0.2, 0.25) is 0 Å². The molecule has 0 aromatic heterocycles. The standard InChI is InChI=1S/C19H31N3O/c1-16(9-10-17-7-5-4-6-8-17)20-19(23)15-22(3)18-11-13-21(2)14-12-18/h4-8,16,18H,9-15H2,1-3H3,(H,20,23)/p+2/t16-/m0/s1. The van der Waals surface area contributed by atoms with Gasteiger partial charge in [-0.3, -0.25) is 4.79 Å². The zero-order valence-corrected chi connectivity index (χ0v) is 14.9. The van der Waals surface area contributed by atoms with Crippen LogP contribution in [0.5, 0.6) is 0 Å². The van der Waals surface area contributed by atoms with E-state index in [-0.39, 0.29) is 11.9 Å². The van der Waals surface area contributed by atoms with Crippen molar-refractivity contribution in [3.63, 3.8) is 0 Å². The molecule has 0 bridgehead atoms. The van der Waals surface area contributed by atoms with Crippen LogP contribution in [-0.2, 0) is 11.2 Å². The molecule has 0 aliphatic carbocycles. The van der Waals surface area contributed by atoms with Gasteiger partial charge in [0.05, 0.1) is 33.2 Å².